The summed E-state index contributed by atoms with van der Waals surface area (Å²) in [4.78, 5) is 10.0. The Morgan fingerprint density at radius 3 is 2.22 bits per heavy atom. The van der Waals surface area contributed by atoms with Gasteiger partial charge >= 0.3 is 0 Å². The molecule has 6 heteroatoms. The number of sulfonamides is 1. The molecule has 0 rings (SSSR count). The first kappa shape index (κ1) is 8.38. The first-order valence-corrected chi connectivity index (χ1v) is 3.79. The van der Waals surface area contributed by atoms with Crippen LogP contribution in [0.1, 0.15) is 6.92 Å². The zero-order valence-corrected chi connectivity index (χ0v) is 5.66. The Balaban J connectivity index is 3.67. The molecular weight excluding hydrogens is 144 g/mol. The molecule has 1 radical (unpaired) electrons. The lowest BCUT2D eigenvalue weighted by atomic mass is 10.7. The smallest absolute Gasteiger partial charge is 0.243 e. The molecule has 0 aliphatic heterocycles. The van der Waals surface area contributed by atoms with Crippen LogP contribution in [0.25, 0.3) is 0 Å². The molecular formula is C3H7N2O3S. The van der Waals surface area contributed by atoms with Gasteiger partial charge in [0.05, 0.1) is 0 Å². The number of amides is 1. The van der Waals surface area contributed by atoms with Gasteiger partial charge in [-0.2, -0.15) is 0 Å². The Labute approximate surface area is 53.3 Å². The van der Waals surface area contributed by atoms with Crippen molar-refractivity contribution in [2.24, 2.45) is 0 Å². The van der Waals surface area contributed by atoms with Crippen LogP contribution in [-0.4, -0.2) is 20.2 Å². The van der Waals surface area contributed by atoms with Gasteiger partial charge in [0.1, 0.15) is 5.88 Å². The molecule has 0 spiro atoms. The third-order valence-electron chi connectivity index (χ3n) is 0.511. The maximum Gasteiger partial charge on any atom is 0.243 e. The average Bonchev–Trinajstić information content (AvgIpc) is 1.59. The highest BCUT2D eigenvalue weighted by Gasteiger charge is 2.02. The molecule has 0 bridgehead atoms. The summed E-state index contributed by atoms with van der Waals surface area (Å²) in [6, 6.07) is 0. The summed E-state index contributed by atoms with van der Waals surface area (Å²) in [5.74, 6) is -1.06. The SMILES string of the molecule is CC(=O)NCS([NH])(=O)=O. The van der Waals surface area contributed by atoms with Crippen LogP contribution in [0, 0.1) is 0 Å². The van der Waals surface area contributed by atoms with Gasteiger partial charge in [0.15, 0.2) is 0 Å². The highest BCUT2D eigenvalue weighted by Crippen LogP contribution is 1.73. The molecule has 53 valence electrons. The first-order chi connectivity index (χ1) is 3.92. The Morgan fingerprint density at radius 2 is 2.11 bits per heavy atom. The number of hydrogen-bond acceptors (Lipinski definition) is 3. The molecule has 0 atom stereocenters. The van der Waals surface area contributed by atoms with E-state index in [-0.39, 0.29) is 0 Å². The summed E-state index contributed by atoms with van der Waals surface area (Å²) < 4.78 is 20.0. The summed E-state index contributed by atoms with van der Waals surface area (Å²) in [5.41, 5.74) is 0. The summed E-state index contributed by atoms with van der Waals surface area (Å²) in [7, 11) is -3.80. The maximum atomic E-state index is 10.0. The second-order valence-electron chi connectivity index (χ2n) is 1.49. The van der Waals surface area contributed by atoms with Crippen molar-refractivity contribution in [1.82, 2.24) is 10.5 Å². The van der Waals surface area contributed by atoms with Crippen LogP contribution >= 0.6 is 0 Å². The number of hydrogen-bond donors (Lipinski definition) is 1. The number of rotatable bonds is 2. The van der Waals surface area contributed by atoms with Crippen molar-refractivity contribution in [3.63, 3.8) is 0 Å². The lowest BCUT2D eigenvalue weighted by Gasteiger charge is -1.95. The Hall–Kier alpha value is -0.620. The summed E-state index contributed by atoms with van der Waals surface area (Å²) in [6.07, 6.45) is 0. The van der Waals surface area contributed by atoms with E-state index in [9.17, 15) is 13.2 Å². The van der Waals surface area contributed by atoms with Crippen LogP contribution in [0.2, 0.25) is 0 Å². The number of nitrogens with one attached hydrogen (secondary N) is 2. The van der Waals surface area contributed by atoms with Crippen molar-refractivity contribution < 1.29 is 13.2 Å². The first-order valence-electron chi connectivity index (χ1n) is 2.13. The van der Waals surface area contributed by atoms with Gasteiger partial charge in [-0.25, -0.2) is 8.42 Å². The van der Waals surface area contributed by atoms with Crippen LogP contribution in [0.5, 0.6) is 0 Å². The van der Waals surface area contributed by atoms with Gasteiger partial charge in [0.2, 0.25) is 15.9 Å². The molecule has 1 amide bonds. The van der Waals surface area contributed by atoms with Gasteiger partial charge in [0.25, 0.3) is 0 Å². The van der Waals surface area contributed by atoms with Gasteiger partial charge < -0.3 is 5.32 Å². The molecule has 0 fully saturated rings. The molecule has 0 heterocycles. The van der Waals surface area contributed by atoms with E-state index in [1.54, 1.807) is 0 Å². The fraction of sp³-hybridized carbons (Fsp3) is 0.667. The molecule has 2 N–H and O–H groups in total. The standard InChI is InChI=1S/C3H7N2O3S/c1-3(6)5-2-9(4,7)8/h4H,2H2,1H3,(H,5,6). The fourth-order valence-electron chi connectivity index (χ4n) is 0.197. The minimum Gasteiger partial charge on any atom is -0.341 e. The van der Waals surface area contributed by atoms with Crippen LogP contribution in [0.3, 0.4) is 0 Å². The lowest BCUT2D eigenvalue weighted by Crippen LogP contribution is -2.27. The molecule has 0 aromatic rings. The van der Waals surface area contributed by atoms with Crippen LogP contribution in [0.4, 0.5) is 0 Å². The molecule has 0 unspecified atom stereocenters. The van der Waals surface area contributed by atoms with Gasteiger partial charge in [-0.3, -0.25) is 4.79 Å². The molecule has 0 saturated heterocycles. The van der Waals surface area contributed by atoms with Crippen molar-refractivity contribution in [1.29, 1.82) is 0 Å². The highest BCUT2D eigenvalue weighted by atomic mass is 32.2. The van der Waals surface area contributed by atoms with Crippen molar-refractivity contribution >= 4 is 15.9 Å². The predicted molar refractivity (Wildman–Crippen MR) is 30.7 cm³/mol. The zero-order chi connectivity index (χ0) is 7.49. The third-order valence-corrected chi connectivity index (χ3v) is 1.04. The van der Waals surface area contributed by atoms with Gasteiger partial charge in [-0.1, -0.05) is 0 Å². The minimum absolute atomic E-state index is 0.453. The van der Waals surface area contributed by atoms with E-state index in [1.165, 1.54) is 6.92 Å². The Morgan fingerprint density at radius 1 is 1.67 bits per heavy atom. The molecule has 0 aromatic heterocycles. The average molecular weight is 151 g/mol. The Kier molecular flexibility index (Phi) is 2.60. The van der Waals surface area contributed by atoms with Crippen molar-refractivity contribution in [2.75, 3.05) is 5.88 Å². The normalized spacial score (nSPS) is 10.9. The monoisotopic (exact) mass is 151 g/mol. The fourth-order valence-corrected chi connectivity index (χ4v) is 0.590. The molecule has 0 aliphatic carbocycles. The van der Waals surface area contributed by atoms with Gasteiger partial charge in [-0.05, 0) is 0 Å². The Bertz CT molecular complexity index is 195. The van der Waals surface area contributed by atoms with E-state index in [4.69, 9.17) is 5.14 Å². The summed E-state index contributed by atoms with van der Waals surface area (Å²) >= 11 is 0. The topological polar surface area (TPSA) is 87.0 Å². The van der Waals surface area contributed by atoms with Crippen LogP contribution in [0.15, 0.2) is 0 Å². The van der Waals surface area contributed by atoms with Gasteiger partial charge in [-0.15, -0.1) is 5.14 Å². The minimum atomic E-state index is -3.80. The van der Waals surface area contributed by atoms with Crippen LogP contribution < -0.4 is 10.5 Å². The van der Waals surface area contributed by atoms with E-state index in [0.717, 1.165) is 0 Å². The van der Waals surface area contributed by atoms with Crippen molar-refractivity contribution in [2.45, 2.75) is 6.92 Å². The number of carbonyl (C=O) groups is 1. The lowest BCUT2D eigenvalue weighted by molar-refractivity contribution is -0.118. The van der Waals surface area contributed by atoms with Crippen LogP contribution in [-0.2, 0) is 14.8 Å². The summed E-state index contributed by atoms with van der Waals surface area (Å²) in [5, 5.41) is 8.25. The molecule has 9 heavy (non-hydrogen) atoms. The molecule has 0 saturated carbocycles. The predicted octanol–water partition coefficient (Wildman–Crippen LogP) is -1.31. The zero-order valence-electron chi connectivity index (χ0n) is 4.84. The van der Waals surface area contributed by atoms with E-state index in [0.29, 0.717) is 0 Å². The van der Waals surface area contributed by atoms with Crippen molar-refractivity contribution in [3.05, 3.63) is 0 Å². The van der Waals surface area contributed by atoms with E-state index >= 15 is 0 Å². The second-order valence-corrected chi connectivity index (χ2v) is 3.01. The number of carbonyl (C=O) groups excluding carboxylic acids is 1. The van der Waals surface area contributed by atoms with E-state index in [2.05, 4.69) is 0 Å². The van der Waals surface area contributed by atoms with Crippen molar-refractivity contribution in [3.8, 4) is 0 Å². The molecule has 5 nitrogen and oxygen atoms in total. The van der Waals surface area contributed by atoms with E-state index in [1.807, 2.05) is 5.32 Å². The molecule has 0 aliphatic rings. The highest BCUT2D eigenvalue weighted by molar-refractivity contribution is 7.88. The molecule has 0 aromatic carbocycles. The summed E-state index contributed by atoms with van der Waals surface area (Å²) in [6.45, 7) is 1.19. The maximum absolute atomic E-state index is 10.0. The largest absolute Gasteiger partial charge is 0.341 e. The quantitative estimate of drug-likeness (QED) is 0.531. The second kappa shape index (κ2) is 2.79. The van der Waals surface area contributed by atoms with E-state index < -0.39 is 21.8 Å². The van der Waals surface area contributed by atoms with Gasteiger partial charge in [0, 0.05) is 6.92 Å². The third kappa shape index (κ3) is 7.38.